The third kappa shape index (κ3) is 11.0. The van der Waals surface area contributed by atoms with Crippen molar-refractivity contribution in [2.45, 2.75) is 119 Å². The first-order valence-electron chi connectivity index (χ1n) is 17.8. The molecule has 2 aliphatic heterocycles. The van der Waals surface area contributed by atoms with Gasteiger partial charge >= 0.3 is 11.9 Å². The van der Waals surface area contributed by atoms with Gasteiger partial charge in [-0.2, -0.15) is 0 Å². The summed E-state index contributed by atoms with van der Waals surface area (Å²) in [7, 11) is 0. The minimum absolute atomic E-state index is 0.116. The van der Waals surface area contributed by atoms with E-state index in [0.29, 0.717) is 5.56 Å². The third-order valence-electron chi connectivity index (χ3n) is 9.37. The van der Waals surface area contributed by atoms with Gasteiger partial charge in [-0.1, -0.05) is 30.3 Å². The fraction of sp³-hybridized carbons (Fsp3) is 0.647. The predicted octanol–water partition coefficient (Wildman–Crippen LogP) is -5.03. The van der Waals surface area contributed by atoms with Crippen LogP contribution in [0.4, 0.5) is 0 Å². The van der Waals surface area contributed by atoms with E-state index in [9.17, 15) is 60.8 Å². The van der Waals surface area contributed by atoms with Crippen LogP contribution in [0.1, 0.15) is 40.5 Å². The summed E-state index contributed by atoms with van der Waals surface area (Å²) in [6.07, 6.45) is -17.6. The number of aliphatic carboxylic acids is 1. The van der Waals surface area contributed by atoms with Crippen LogP contribution in [-0.2, 0) is 54.3 Å². The lowest BCUT2D eigenvalue weighted by Crippen LogP contribution is -2.74. The average Bonchev–Trinajstić information content (AvgIpc) is 3.14. The van der Waals surface area contributed by atoms with Gasteiger partial charge in [0.1, 0.15) is 55.3 Å². The number of amides is 4. The number of hydrogen-bond acceptors (Lipinski definition) is 17. The number of benzene rings is 1. The molecule has 0 aliphatic carbocycles. The molecule has 0 bridgehead atoms. The fourth-order valence-corrected chi connectivity index (χ4v) is 6.48. The molecule has 14 atom stereocenters. The lowest BCUT2D eigenvalue weighted by atomic mass is 9.74. The second-order valence-electron chi connectivity index (χ2n) is 13.2. The molecule has 3 unspecified atom stereocenters. The zero-order valence-corrected chi connectivity index (χ0v) is 30.4. The van der Waals surface area contributed by atoms with Gasteiger partial charge in [-0.3, -0.25) is 28.9 Å². The summed E-state index contributed by atoms with van der Waals surface area (Å²) in [6.45, 7) is 0.537. The Hall–Kier alpha value is -4.16. The van der Waals surface area contributed by atoms with Gasteiger partial charge in [0.15, 0.2) is 6.10 Å². The second kappa shape index (κ2) is 20.1. The highest BCUT2D eigenvalue weighted by Crippen LogP contribution is 2.37. The Labute approximate surface area is 317 Å². The SMILES string of the molecule is [2H][C@@](C(=O)N[C@@H](CCC(=O)OCc1ccccc1)C(N)=O)(C(C1O[C@H](CO)[C@@H](O)[C@H](O)[C@H]1N)C1O[C@H](CO)[C@@H](O)[C@H](O[C@H](C)C(=O)O)[C@H]1N)N(C(C)=O)C(C)=O. The Bertz CT molecular complexity index is 1550. The molecular formula is C34H51N5O16. The number of aliphatic hydroxyl groups excluding tert-OH is 5. The van der Waals surface area contributed by atoms with Crippen molar-refractivity contribution in [2.24, 2.45) is 23.1 Å². The molecule has 3 rings (SSSR count). The highest BCUT2D eigenvalue weighted by atomic mass is 16.6. The second-order valence-corrected chi connectivity index (χ2v) is 13.2. The first kappa shape index (κ1) is 43.6. The molecule has 13 N–H and O–H groups in total. The van der Waals surface area contributed by atoms with E-state index in [-0.39, 0.29) is 11.5 Å². The number of nitrogens with one attached hydrogen (secondary N) is 1. The van der Waals surface area contributed by atoms with E-state index in [1.165, 1.54) is 0 Å². The molecule has 2 saturated heterocycles. The normalized spacial score (nSPS) is 31.1. The summed E-state index contributed by atoms with van der Waals surface area (Å²) < 4.78 is 32.4. The van der Waals surface area contributed by atoms with E-state index in [1.807, 2.05) is 0 Å². The summed E-state index contributed by atoms with van der Waals surface area (Å²) in [6, 6.07) is -0.298. The van der Waals surface area contributed by atoms with Gasteiger partial charge < -0.3 is 72.1 Å². The Morgan fingerprint density at radius 1 is 0.909 bits per heavy atom. The van der Waals surface area contributed by atoms with Gasteiger partial charge in [-0.05, 0) is 18.9 Å². The van der Waals surface area contributed by atoms with Crippen LogP contribution in [0.3, 0.4) is 0 Å². The minimum Gasteiger partial charge on any atom is -0.479 e. The van der Waals surface area contributed by atoms with Crippen molar-refractivity contribution in [3.63, 3.8) is 0 Å². The molecule has 21 heteroatoms. The van der Waals surface area contributed by atoms with Crippen molar-refractivity contribution >= 4 is 35.6 Å². The van der Waals surface area contributed by atoms with Crippen molar-refractivity contribution in [3.05, 3.63) is 35.9 Å². The topological polar surface area (TPSA) is 354 Å². The maximum absolute atomic E-state index is 14.7. The summed E-state index contributed by atoms with van der Waals surface area (Å²) >= 11 is 0. The lowest BCUT2D eigenvalue weighted by molar-refractivity contribution is -0.256. The first-order chi connectivity index (χ1) is 26.2. The minimum atomic E-state index is -3.42. The molecular weight excluding hydrogens is 734 g/mol. The molecule has 21 nitrogen and oxygen atoms in total. The maximum Gasteiger partial charge on any atom is 0.332 e. The Balaban J connectivity index is 2.20. The van der Waals surface area contributed by atoms with E-state index >= 15 is 0 Å². The van der Waals surface area contributed by atoms with Crippen LogP contribution >= 0.6 is 0 Å². The Morgan fingerprint density at radius 2 is 1.45 bits per heavy atom. The highest BCUT2D eigenvalue weighted by Gasteiger charge is 2.58. The number of hydrogen-bond donors (Lipinski definition) is 10. The number of nitrogens with zero attached hydrogens (tertiary/aromatic N) is 1. The van der Waals surface area contributed by atoms with Gasteiger partial charge in [0.05, 0.1) is 38.9 Å². The predicted molar refractivity (Wildman–Crippen MR) is 185 cm³/mol. The molecule has 55 heavy (non-hydrogen) atoms. The Kier molecular flexibility index (Phi) is 15.9. The van der Waals surface area contributed by atoms with Crippen LogP contribution in [0.25, 0.3) is 0 Å². The van der Waals surface area contributed by atoms with Gasteiger partial charge in [0, 0.05) is 26.2 Å². The zero-order chi connectivity index (χ0) is 42.2. The first-order valence-corrected chi connectivity index (χ1v) is 17.3. The molecule has 1 aromatic rings. The van der Waals surface area contributed by atoms with Crippen molar-refractivity contribution < 1.29 is 79.7 Å². The van der Waals surface area contributed by atoms with Crippen LogP contribution in [-0.4, -0.2) is 163 Å². The number of rotatable bonds is 17. The molecule has 0 spiro atoms. The molecule has 2 heterocycles. The van der Waals surface area contributed by atoms with Crippen molar-refractivity contribution in [2.75, 3.05) is 13.2 Å². The molecule has 0 aromatic heterocycles. The standard InChI is InChI=1S/C34H51N5O16/c1-14(34(50)51)53-31-24(36)30(55-20(12-41)27(31)46)22(29-23(35)28(47)26(45)19(11-40)54-29)25(39(15(2)42)16(3)43)33(49)38-18(32(37)48)9-10-21(44)52-13-17-7-5-4-6-8-17/h4-8,14,18-20,22-31,40-41,45-47H,9-13,35-36H2,1-3H3,(H2,37,48)(H,38,49)(H,50,51)/t14-,18+,19-,20-,22?,23-,24+,25+,26-,27-,28-,29?,30?,31-/m1/s1/i25D. The van der Waals surface area contributed by atoms with Crippen molar-refractivity contribution in [3.8, 4) is 0 Å². The molecule has 1 aromatic carbocycles. The zero-order valence-electron chi connectivity index (χ0n) is 31.4. The summed E-state index contributed by atoms with van der Waals surface area (Å²) in [5.74, 6) is -9.99. The van der Waals surface area contributed by atoms with Gasteiger partial charge in [-0.15, -0.1) is 0 Å². The number of ether oxygens (including phenoxy) is 4. The van der Waals surface area contributed by atoms with Crippen LogP contribution in [0.5, 0.6) is 0 Å². The average molecular weight is 787 g/mol. The van der Waals surface area contributed by atoms with Crippen LogP contribution in [0.2, 0.25) is 0 Å². The van der Waals surface area contributed by atoms with E-state index in [2.05, 4.69) is 5.32 Å². The summed E-state index contributed by atoms with van der Waals surface area (Å²) in [5.41, 5.74) is 19.1. The number of nitrogens with two attached hydrogens (primary N) is 3. The van der Waals surface area contributed by atoms with E-state index in [1.54, 1.807) is 30.3 Å². The Morgan fingerprint density at radius 3 is 1.96 bits per heavy atom. The van der Waals surface area contributed by atoms with E-state index in [0.717, 1.165) is 20.8 Å². The number of carbonyl (C=O) groups is 6. The number of imide groups is 1. The van der Waals surface area contributed by atoms with Gasteiger partial charge in [0.25, 0.3) is 0 Å². The van der Waals surface area contributed by atoms with E-state index < -0.39 is 147 Å². The highest BCUT2D eigenvalue weighted by molar-refractivity contribution is 6.00. The van der Waals surface area contributed by atoms with Gasteiger partial charge in [-0.25, -0.2) is 4.79 Å². The fourth-order valence-electron chi connectivity index (χ4n) is 6.48. The number of primary amides is 1. The van der Waals surface area contributed by atoms with Crippen molar-refractivity contribution in [1.82, 2.24) is 10.2 Å². The largest absolute Gasteiger partial charge is 0.479 e. The van der Waals surface area contributed by atoms with E-state index in [4.69, 9.17) is 36.1 Å². The molecule has 2 fully saturated rings. The summed E-state index contributed by atoms with van der Waals surface area (Å²) in [4.78, 5) is 78.4. The monoisotopic (exact) mass is 786 g/mol. The lowest BCUT2D eigenvalue weighted by Gasteiger charge is -2.52. The molecule has 0 radical (unpaired) electrons. The molecule has 2 aliphatic rings. The van der Waals surface area contributed by atoms with Crippen molar-refractivity contribution in [1.29, 1.82) is 0 Å². The smallest absolute Gasteiger partial charge is 0.332 e. The molecule has 308 valence electrons. The molecule has 4 amide bonds. The summed E-state index contributed by atoms with van der Waals surface area (Å²) in [5, 5.41) is 64.7. The van der Waals surface area contributed by atoms with Crippen LogP contribution < -0.4 is 22.5 Å². The number of esters is 1. The number of aliphatic hydroxyl groups is 5. The quantitative estimate of drug-likeness (QED) is 0.0661. The van der Waals surface area contributed by atoms with Crippen LogP contribution in [0, 0.1) is 5.92 Å². The maximum atomic E-state index is 14.7. The molecule has 0 saturated carbocycles. The third-order valence-corrected chi connectivity index (χ3v) is 9.37. The number of carbonyl (C=O) groups excluding carboxylic acids is 5. The number of carboxylic acid groups (broad SMARTS) is 1. The number of carboxylic acids is 1. The van der Waals surface area contributed by atoms with Crippen LogP contribution in [0.15, 0.2) is 30.3 Å². The van der Waals surface area contributed by atoms with Gasteiger partial charge in [0.2, 0.25) is 23.6 Å².